The van der Waals surface area contributed by atoms with Crippen molar-refractivity contribution in [2.45, 2.75) is 19.2 Å². The molecule has 5 nitrogen and oxygen atoms in total. The van der Waals surface area contributed by atoms with Gasteiger partial charge in [0.05, 0.1) is 24.7 Å². The normalized spacial score (nSPS) is 13.0. The van der Waals surface area contributed by atoms with Crippen LogP contribution in [0.5, 0.6) is 0 Å². The van der Waals surface area contributed by atoms with Gasteiger partial charge in [-0.3, -0.25) is 0 Å². The van der Waals surface area contributed by atoms with Crippen LogP contribution < -0.4 is 0 Å². The minimum Gasteiger partial charge on any atom is -0.389 e. The van der Waals surface area contributed by atoms with Gasteiger partial charge in [0, 0.05) is 31.9 Å². The summed E-state index contributed by atoms with van der Waals surface area (Å²) >= 11 is 12.4. The molecule has 0 bridgehead atoms. The van der Waals surface area contributed by atoms with Crippen molar-refractivity contribution in [2.75, 3.05) is 0 Å². The zero-order valence-corrected chi connectivity index (χ0v) is 16.3. The largest absolute Gasteiger partial charge is 0.389 e. The van der Waals surface area contributed by atoms with Crippen molar-refractivity contribution in [2.24, 2.45) is 0 Å². The highest BCUT2D eigenvalue weighted by Gasteiger charge is 2.16. The molecule has 2 heterocycles. The maximum absolute atomic E-state index is 10.8. The quantitative estimate of drug-likeness (QED) is 0.457. The first-order valence-corrected chi connectivity index (χ1v) is 9.69. The lowest BCUT2D eigenvalue weighted by Gasteiger charge is -2.14. The minimum atomic E-state index is -0.643. The molecule has 0 spiro atoms. The summed E-state index contributed by atoms with van der Waals surface area (Å²) in [5, 5.41) is 22.5. The summed E-state index contributed by atoms with van der Waals surface area (Å²) in [5.41, 5.74) is 3.73. The zero-order chi connectivity index (χ0) is 19.3. The lowest BCUT2D eigenvalue weighted by atomic mass is 10.1. The fourth-order valence-corrected chi connectivity index (χ4v) is 4.11. The Hall–Kier alpha value is -2.60. The van der Waals surface area contributed by atoms with Crippen LogP contribution in [0.3, 0.4) is 0 Å². The number of aliphatic hydroxyl groups excluding tert-OH is 1. The summed E-state index contributed by atoms with van der Waals surface area (Å²) in [4.78, 5) is 0. The van der Waals surface area contributed by atoms with Crippen LogP contribution in [0.4, 0.5) is 0 Å². The van der Waals surface area contributed by atoms with E-state index in [1.165, 1.54) is 0 Å². The Morgan fingerprint density at radius 3 is 2.14 bits per heavy atom. The second kappa shape index (κ2) is 6.78. The predicted molar refractivity (Wildman–Crippen MR) is 113 cm³/mol. The molecular weight excluding hydrogens is 395 g/mol. The molecule has 3 aromatic carbocycles. The van der Waals surface area contributed by atoms with Gasteiger partial charge in [-0.25, -0.2) is 4.68 Å². The Balaban J connectivity index is 1.55. The SMILES string of the molecule is OC(Cn1nnc2ccccc21)Cn1c2ccc(Cl)cc2c2cc(Cl)ccc21. The summed E-state index contributed by atoms with van der Waals surface area (Å²) in [6.45, 7) is 0.764. The van der Waals surface area contributed by atoms with Crippen molar-refractivity contribution >= 4 is 56.0 Å². The number of fused-ring (bicyclic) bond motifs is 4. The van der Waals surface area contributed by atoms with Gasteiger partial charge in [-0.05, 0) is 48.5 Å². The van der Waals surface area contributed by atoms with Gasteiger partial charge in [0.1, 0.15) is 5.52 Å². The number of hydrogen-bond acceptors (Lipinski definition) is 3. The molecule has 28 heavy (non-hydrogen) atoms. The summed E-state index contributed by atoms with van der Waals surface area (Å²) in [5.74, 6) is 0. The Kier molecular flexibility index (Phi) is 4.23. The zero-order valence-electron chi connectivity index (χ0n) is 14.8. The van der Waals surface area contributed by atoms with Crippen LogP contribution >= 0.6 is 23.2 Å². The van der Waals surface area contributed by atoms with Crippen molar-refractivity contribution in [3.63, 3.8) is 0 Å². The number of rotatable bonds is 4. The number of benzene rings is 3. The minimum absolute atomic E-state index is 0.350. The molecule has 0 fully saturated rings. The maximum atomic E-state index is 10.8. The standard InChI is InChI=1S/C21H16Cl2N4O/c22-13-5-7-19-16(9-13)17-10-14(23)6-8-20(17)26(19)11-15(28)12-27-21-4-2-1-3-18(21)24-25-27/h1-10,15,28H,11-12H2. The van der Waals surface area contributed by atoms with Gasteiger partial charge in [-0.2, -0.15) is 0 Å². The molecule has 7 heteroatoms. The topological polar surface area (TPSA) is 55.9 Å². The average molecular weight is 411 g/mol. The third-order valence-corrected chi connectivity index (χ3v) is 5.46. The maximum Gasteiger partial charge on any atom is 0.113 e. The molecule has 2 aromatic heterocycles. The second-order valence-electron chi connectivity index (χ2n) is 6.85. The van der Waals surface area contributed by atoms with E-state index in [-0.39, 0.29) is 0 Å². The Bertz CT molecular complexity index is 1270. The fraction of sp³-hybridized carbons (Fsp3) is 0.143. The fourth-order valence-electron chi connectivity index (χ4n) is 3.77. The number of para-hydroxylation sites is 1. The monoisotopic (exact) mass is 410 g/mol. The van der Waals surface area contributed by atoms with E-state index < -0.39 is 6.10 Å². The predicted octanol–water partition coefficient (Wildman–Crippen LogP) is 4.91. The van der Waals surface area contributed by atoms with E-state index in [2.05, 4.69) is 14.9 Å². The molecule has 0 aliphatic carbocycles. The van der Waals surface area contributed by atoms with Crippen molar-refractivity contribution in [1.29, 1.82) is 0 Å². The molecule has 0 radical (unpaired) electrons. The van der Waals surface area contributed by atoms with E-state index in [0.717, 1.165) is 32.8 Å². The lowest BCUT2D eigenvalue weighted by molar-refractivity contribution is 0.133. The number of hydrogen-bond donors (Lipinski definition) is 1. The molecule has 5 aromatic rings. The number of nitrogens with zero attached hydrogens (tertiary/aromatic N) is 4. The molecule has 1 atom stereocenters. The van der Waals surface area contributed by atoms with Gasteiger partial charge in [0.2, 0.25) is 0 Å². The van der Waals surface area contributed by atoms with Gasteiger partial charge in [-0.1, -0.05) is 40.5 Å². The van der Waals surface area contributed by atoms with Crippen LogP contribution in [0.15, 0.2) is 60.7 Å². The Morgan fingerprint density at radius 1 is 0.821 bits per heavy atom. The van der Waals surface area contributed by atoms with Crippen molar-refractivity contribution in [1.82, 2.24) is 19.6 Å². The highest BCUT2D eigenvalue weighted by Crippen LogP contribution is 2.33. The van der Waals surface area contributed by atoms with Crippen molar-refractivity contribution < 1.29 is 5.11 Å². The molecular formula is C21H16Cl2N4O. The van der Waals surface area contributed by atoms with Crippen LogP contribution in [-0.4, -0.2) is 30.8 Å². The van der Waals surface area contributed by atoms with Crippen molar-refractivity contribution in [3.8, 4) is 0 Å². The van der Waals surface area contributed by atoms with E-state index in [1.807, 2.05) is 60.7 Å². The van der Waals surface area contributed by atoms with Crippen LogP contribution in [-0.2, 0) is 13.1 Å². The number of aromatic nitrogens is 4. The number of halogens is 2. The third-order valence-electron chi connectivity index (χ3n) is 4.99. The molecule has 0 saturated carbocycles. The molecule has 140 valence electrons. The van der Waals surface area contributed by atoms with Gasteiger partial charge in [0.15, 0.2) is 0 Å². The van der Waals surface area contributed by atoms with E-state index in [0.29, 0.717) is 23.1 Å². The first-order chi connectivity index (χ1) is 13.6. The van der Waals surface area contributed by atoms with Gasteiger partial charge < -0.3 is 9.67 Å². The molecule has 1 N–H and O–H groups in total. The van der Waals surface area contributed by atoms with Crippen LogP contribution in [0, 0.1) is 0 Å². The van der Waals surface area contributed by atoms with Crippen LogP contribution in [0.1, 0.15) is 0 Å². The van der Waals surface area contributed by atoms with E-state index in [9.17, 15) is 5.11 Å². The highest BCUT2D eigenvalue weighted by molar-refractivity contribution is 6.33. The molecule has 0 aliphatic rings. The molecule has 0 saturated heterocycles. The van der Waals surface area contributed by atoms with Crippen LogP contribution in [0.25, 0.3) is 32.8 Å². The number of aliphatic hydroxyl groups is 1. The summed E-state index contributed by atoms with van der Waals surface area (Å²) in [7, 11) is 0. The molecule has 5 rings (SSSR count). The Morgan fingerprint density at radius 2 is 1.46 bits per heavy atom. The van der Waals surface area contributed by atoms with Crippen LogP contribution in [0.2, 0.25) is 10.0 Å². The first-order valence-electron chi connectivity index (χ1n) is 8.93. The lowest BCUT2D eigenvalue weighted by Crippen LogP contribution is -2.22. The molecule has 0 amide bonds. The molecule has 1 unspecified atom stereocenters. The third kappa shape index (κ3) is 2.92. The first kappa shape index (κ1) is 17.5. The van der Waals surface area contributed by atoms with Gasteiger partial charge in [-0.15, -0.1) is 5.10 Å². The smallest absolute Gasteiger partial charge is 0.113 e. The summed E-state index contributed by atoms with van der Waals surface area (Å²) < 4.78 is 3.84. The van der Waals surface area contributed by atoms with E-state index >= 15 is 0 Å². The van der Waals surface area contributed by atoms with Crippen molar-refractivity contribution in [3.05, 3.63) is 70.7 Å². The van der Waals surface area contributed by atoms with E-state index in [1.54, 1.807) is 4.68 Å². The van der Waals surface area contributed by atoms with E-state index in [4.69, 9.17) is 23.2 Å². The average Bonchev–Trinajstić information content (AvgIpc) is 3.21. The summed E-state index contributed by atoms with van der Waals surface area (Å²) in [6.07, 6.45) is -0.643. The Labute approximate surface area is 170 Å². The highest BCUT2D eigenvalue weighted by atomic mass is 35.5. The van der Waals surface area contributed by atoms with Gasteiger partial charge in [0.25, 0.3) is 0 Å². The second-order valence-corrected chi connectivity index (χ2v) is 7.72. The molecule has 0 aliphatic heterocycles. The summed E-state index contributed by atoms with van der Waals surface area (Å²) in [6, 6.07) is 19.3. The van der Waals surface area contributed by atoms with Gasteiger partial charge >= 0.3 is 0 Å².